The largest absolute Gasteiger partial charge is 0.490 e. The summed E-state index contributed by atoms with van der Waals surface area (Å²) >= 11 is 1.68. The van der Waals surface area contributed by atoms with Crippen LogP contribution in [-0.2, 0) is 16.6 Å². The number of benzene rings is 1. The monoisotopic (exact) mass is 397 g/mol. The lowest BCUT2D eigenvalue weighted by Crippen LogP contribution is -2.48. The fraction of sp³-hybridized carbons (Fsp3) is 0.375. The van der Waals surface area contributed by atoms with Gasteiger partial charge in [0.25, 0.3) is 0 Å². The van der Waals surface area contributed by atoms with E-state index in [0.29, 0.717) is 26.2 Å². The van der Waals surface area contributed by atoms with Gasteiger partial charge in [0, 0.05) is 43.7 Å². The fourth-order valence-corrected chi connectivity index (χ4v) is 5.06. The van der Waals surface area contributed by atoms with Crippen LogP contribution in [0.4, 0.5) is 5.69 Å². The van der Waals surface area contributed by atoms with E-state index in [1.54, 1.807) is 11.3 Å². The van der Waals surface area contributed by atoms with Crippen molar-refractivity contribution in [1.82, 2.24) is 9.21 Å². The lowest BCUT2D eigenvalue weighted by atomic mass is 10.3. The van der Waals surface area contributed by atoms with Gasteiger partial charge in [-0.3, -0.25) is 15.0 Å². The van der Waals surface area contributed by atoms with Gasteiger partial charge in [-0.15, -0.1) is 11.3 Å². The second-order valence-corrected chi connectivity index (χ2v) is 8.82. The zero-order valence-electron chi connectivity index (χ0n) is 14.2. The van der Waals surface area contributed by atoms with Crippen LogP contribution in [0.1, 0.15) is 4.88 Å². The summed E-state index contributed by atoms with van der Waals surface area (Å²) in [6.07, 6.45) is 0. The third kappa shape index (κ3) is 3.88. The maximum absolute atomic E-state index is 12.8. The van der Waals surface area contributed by atoms with Crippen LogP contribution in [0.5, 0.6) is 5.75 Å². The van der Waals surface area contributed by atoms with E-state index in [2.05, 4.69) is 11.0 Å². The van der Waals surface area contributed by atoms with Crippen molar-refractivity contribution in [1.29, 1.82) is 0 Å². The molecular formula is C16H19N3O5S2. The first-order valence-corrected chi connectivity index (χ1v) is 10.3. The summed E-state index contributed by atoms with van der Waals surface area (Å²) in [4.78, 5) is 13.9. The van der Waals surface area contributed by atoms with Crippen molar-refractivity contribution >= 4 is 27.0 Å². The number of nitro benzene ring substituents is 1. The Morgan fingerprint density at radius 1 is 1.23 bits per heavy atom. The summed E-state index contributed by atoms with van der Waals surface area (Å²) in [5.41, 5.74) is -0.357. The van der Waals surface area contributed by atoms with Crippen LogP contribution in [0.25, 0.3) is 0 Å². The van der Waals surface area contributed by atoms with Gasteiger partial charge < -0.3 is 4.74 Å². The highest BCUT2D eigenvalue weighted by molar-refractivity contribution is 7.89. The Hall–Kier alpha value is -2.01. The zero-order valence-corrected chi connectivity index (χ0v) is 15.8. The van der Waals surface area contributed by atoms with E-state index >= 15 is 0 Å². The number of nitrogens with zero attached hydrogens (tertiary/aromatic N) is 3. The van der Waals surface area contributed by atoms with E-state index in [1.165, 1.54) is 28.4 Å². The molecule has 0 saturated carbocycles. The molecule has 1 fully saturated rings. The van der Waals surface area contributed by atoms with Crippen molar-refractivity contribution in [2.24, 2.45) is 0 Å². The van der Waals surface area contributed by atoms with Crippen LogP contribution in [0, 0.1) is 10.1 Å². The molecule has 1 aromatic carbocycles. The van der Waals surface area contributed by atoms with E-state index in [4.69, 9.17) is 4.74 Å². The van der Waals surface area contributed by atoms with Crippen molar-refractivity contribution < 1.29 is 18.1 Å². The predicted molar refractivity (Wildman–Crippen MR) is 98.0 cm³/mol. The van der Waals surface area contributed by atoms with Crippen LogP contribution in [-0.4, -0.2) is 55.8 Å². The number of piperazine rings is 1. The quantitative estimate of drug-likeness (QED) is 0.548. The SMILES string of the molecule is COc1ccc(S(=O)(=O)N2CCN(Cc3cccs3)CC2)cc1[N+](=O)[O-]. The highest BCUT2D eigenvalue weighted by Gasteiger charge is 2.30. The molecule has 10 heteroatoms. The van der Waals surface area contributed by atoms with Gasteiger partial charge in [-0.2, -0.15) is 4.31 Å². The molecule has 1 aromatic heterocycles. The predicted octanol–water partition coefficient (Wildman–Crippen LogP) is 2.17. The van der Waals surface area contributed by atoms with E-state index in [0.717, 1.165) is 12.6 Å². The van der Waals surface area contributed by atoms with Gasteiger partial charge in [-0.05, 0) is 23.6 Å². The first-order chi connectivity index (χ1) is 12.4. The minimum absolute atomic E-state index is 0.0368. The molecule has 140 valence electrons. The van der Waals surface area contributed by atoms with Crippen LogP contribution in [0.3, 0.4) is 0 Å². The number of ether oxygens (including phenoxy) is 1. The van der Waals surface area contributed by atoms with Crippen molar-refractivity contribution in [3.8, 4) is 5.75 Å². The molecule has 2 heterocycles. The Labute approximate surface area is 155 Å². The first-order valence-electron chi connectivity index (χ1n) is 7.99. The molecule has 1 saturated heterocycles. The number of methoxy groups -OCH3 is 1. The highest BCUT2D eigenvalue weighted by atomic mass is 32.2. The normalized spacial score (nSPS) is 16.5. The van der Waals surface area contributed by atoms with Crippen LogP contribution >= 0.6 is 11.3 Å². The third-order valence-electron chi connectivity index (χ3n) is 4.28. The number of nitro groups is 1. The summed E-state index contributed by atoms with van der Waals surface area (Å²) in [7, 11) is -2.47. The Morgan fingerprint density at radius 3 is 2.54 bits per heavy atom. The second-order valence-electron chi connectivity index (χ2n) is 5.85. The van der Waals surface area contributed by atoms with Crippen LogP contribution in [0.2, 0.25) is 0 Å². The molecule has 2 aromatic rings. The summed E-state index contributed by atoms with van der Waals surface area (Å²) in [6, 6.07) is 7.78. The second kappa shape index (κ2) is 7.70. The molecule has 0 unspecified atom stereocenters. The topological polar surface area (TPSA) is 93.0 Å². The standard InChI is InChI=1S/C16H19N3O5S2/c1-24-16-5-4-14(11-15(16)19(20)21)26(22,23)18-8-6-17(7-9-18)12-13-3-2-10-25-13/h2-5,10-11H,6-9,12H2,1H3. The average Bonchev–Trinajstić information content (AvgIpc) is 3.14. The number of hydrogen-bond donors (Lipinski definition) is 0. The van der Waals surface area contributed by atoms with Gasteiger partial charge in [0.05, 0.1) is 16.9 Å². The van der Waals surface area contributed by atoms with Crippen molar-refractivity contribution in [3.05, 3.63) is 50.7 Å². The zero-order chi connectivity index (χ0) is 18.7. The van der Waals surface area contributed by atoms with Crippen molar-refractivity contribution in [2.45, 2.75) is 11.4 Å². The molecular weight excluding hydrogens is 378 g/mol. The number of sulfonamides is 1. The van der Waals surface area contributed by atoms with Gasteiger partial charge in [-0.25, -0.2) is 8.42 Å². The molecule has 26 heavy (non-hydrogen) atoms. The molecule has 0 atom stereocenters. The number of hydrogen-bond acceptors (Lipinski definition) is 7. The maximum Gasteiger partial charge on any atom is 0.312 e. The number of rotatable bonds is 6. The Morgan fingerprint density at radius 2 is 1.96 bits per heavy atom. The smallest absolute Gasteiger partial charge is 0.312 e. The minimum atomic E-state index is -3.78. The fourth-order valence-electron chi connectivity index (χ4n) is 2.87. The Balaban J connectivity index is 1.73. The highest BCUT2D eigenvalue weighted by Crippen LogP contribution is 2.30. The third-order valence-corrected chi connectivity index (χ3v) is 7.03. The molecule has 0 amide bonds. The summed E-state index contributed by atoms with van der Waals surface area (Å²) in [5.74, 6) is 0.0368. The molecule has 8 nitrogen and oxygen atoms in total. The minimum Gasteiger partial charge on any atom is -0.490 e. The first kappa shape index (κ1) is 18.8. The van der Waals surface area contributed by atoms with E-state index < -0.39 is 14.9 Å². The van der Waals surface area contributed by atoms with E-state index in [1.807, 2.05) is 11.4 Å². The number of thiophene rings is 1. The summed E-state index contributed by atoms with van der Waals surface area (Å²) < 4.78 is 32.0. The van der Waals surface area contributed by atoms with E-state index in [-0.39, 0.29) is 16.3 Å². The average molecular weight is 397 g/mol. The van der Waals surface area contributed by atoms with Gasteiger partial charge in [0.15, 0.2) is 5.75 Å². The lowest BCUT2D eigenvalue weighted by Gasteiger charge is -2.33. The van der Waals surface area contributed by atoms with Crippen LogP contribution in [0.15, 0.2) is 40.6 Å². The maximum atomic E-state index is 12.8. The summed E-state index contributed by atoms with van der Waals surface area (Å²) in [6.45, 7) is 2.76. The Bertz CT molecular complexity index is 875. The molecule has 0 radical (unpaired) electrons. The van der Waals surface area contributed by atoms with Crippen molar-refractivity contribution in [2.75, 3.05) is 33.3 Å². The molecule has 1 aliphatic rings. The molecule has 1 aliphatic heterocycles. The van der Waals surface area contributed by atoms with Crippen molar-refractivity contribution in [3.63, 3.8) is 0 Å². The van der Waals surface area contributed by atoms with Gasteiger partial charge in [-0.1, -0.05) is 6.07 Å². The van der Waals surface area contributed by atoms with E-state index in [9.17, 15) is 18.5 Å². The lowest BCUT2D eigenvalue weighted by molar-refractivity contribution is -0.386. The van der Waals surface area contributed by atoms with Gasteiger partial charge >= 0.3 is 5.69 Å². The van der Waals surface area contributed by atoms with Gasteiger partial charge in [0.2, 0.25) is 10.0 Å². The van der Waals surface area contributed by atoms with Crippen LogP contribution < -0.4 is 4.74 Å². The molecule has 0 spiro atoms. The van der Waals surface area contributed by atoms with Gasteiger partial charge in [0.1, 0.15) is 0 Å². The molecule has 0 bridgehead atoms. The molecule has 0 N–H and O–H groups in total. The molecule has 3 rings (SSSR count). The summed E-state index contributed by atoms with van der Waals surface area (Å²) in [5, 5.41) is 13.2. The Kier molecular flexibility index (Phi) is 5.56. The molecule has 0 aliphatic carbocycles.